The summed E-state index contributed by atoms with van der Waals surface area (Å²) in [7, 11) is 0. The first kappa shape index (κ1) is 13.4. The molecule has 0 saturated carbocycles. The van der Waals surface area contributed by atoms with Gasteiger partial charge in [-0.25, -0.2) is 8.78 Å². The van der Waals surface area contributed by atoms with Crippen LogP contribution in [0.15, 0.2) is 18.2 Å². The minimum absolute atomic E-state index is 0.134. The van der Waals surface area contributed by atoms with Crippen molar-refractivity contribution in [3.05, 3.63) is 33.9 Å². The van der Waals surface area contributed by atoms with Gasteiger partial charge in [0.2, 0.25) is 0 Å². The van der Waals surface area contributed by atoms with Crippen LogP contribution in [0.4, 0.5) is 20.2 Å². The van der Waals surface area contributed by atoms with E-state index in [1.54, 1.807) is 0 Å². The van der Waals surface area contributed by atoms with E-state index < -0.39 is 17.4 Å². The van der Waals surface area contributed by atoms with Crippen LogP contribution in [0.1, 0.15) is 23.2 Å². The fourth-order valence-electron chi connectivity index (χ4n) is 2.20. The van der Waals surface area contributed by atoms with Gasteiger partial charge < -0.3 is 4.90 Å². The molecule has 0 aromatic heterocycles. The molecule has 102 valence electrons. The van der Waals surface area contributed by atoms with Crippen LogP contribution in [0, 0.1) is 10.1 Å². The predicted molar refractivity (Wildman–Crippen MR) is 64.9 cm³/mol. The first-order valence-electron chi connectivity index (χ1n) is 5.79. The number of rotatable bonds is 3. The zero-order valence-corrected chi connectivity index (χ0v) is 10.0. The number of benzene rings is 1. The van der Waals surface area contributed by atoms with E-state index in [4.69, 9.17) is 0 Å². The summed E-state index contributed by atoms with van der Waals surface area (Å²) in [6, 6.07) is 3.85. The number of nitro groups is 1. The molecule has 5 nitrogen and oxygen atoms in total. The second-order valence-electron chi connectivity index (χ2n) is 4.50. The molecule has 0 amide bonds. The van der Waals surface area contributed by atoms with Crippen LogP contribution in [0.3, 0.4) is 0 Å². The monoisotopic (exact) mass is 270 g/mol. The number of hydrogen-bond acceptors (Lipinski definition) is 4. The van der Waals surface area contributed by atoms with Crippen molar-refractivity contribution in [2.24, 2.45) is 0 Å². The number of anilines is 1. The van der Waals surface area contributed by atoms with Gasteiger partial charge in [0.1, 0.15) is 12.0 Å². The van der Waals surface area contributed by atoms with Gasteiger partial charge in [0.05, 0.1) is 11.5 Å². The summed E-state index contributed by atoms with van der Waals surface area (Å²) >= 11 is 0. The SMILES string of the molecule is O=Cc1ccc(N2CCCC(F)(F)C2)c([N+](=O)[O-])c1. The van der Waals surface area contributed by atoms with E-state index in [1.165, 1.54) is 17.0 Å². The minimum Gasteiger partial charge on any atom is -0.360 e. The van der Waals surface area contributed by atoms with Crippen LogP contribution in [-0.2, 0) is 0 Å². The van der Waals surface area contributed by atoms with Crippen LogP contribution < -0.4 is 4.90 Å². The molecule has 0 spiro atoms. The normalized spacial score (nSPS) is 18.1. The van der Waals surface area contributed by atoms with Gasteiger partial charge in [-0.1, -0.05) is 0 Å². The van der Waals surface area contributed by atoms with E-state index in [1.807, 2.05) is 0 Å². The molecule has 0 unspecified atom stereocenters. The Morgan fingerprint density at radius 1 is 1.42 bits per heavy atom. The summed E-state index contributed by atoms with van der Waals surface area (Å²) in [5.41, 5.74) is -0.0310. The smallest absolute Gasteiger partial charge is 0.293 e. The van der Waals surface area contributed by atoms with Crippen molar-refractivity contribution >= 4 is 17.7 Å². The Labute approximate surface area is 108 Å². The molecule has 2 rings (SSSR count). The topological polar surface area (TPSA) is 63.5 Å². The Bertz CT molecular complexity index is 520. The lowest BCUT2D eigenvalue weighted by atomic mass is 10.1. The zero-order valence-electron chi connectivity index (χ0n) is 10.0. The van der Waals surface area contributed by atoms with Gasteiger partial charge in [0.15, 0.2) is 0 Å². The third kappa shape index (κ3) is 2.86. The largest absolute Gasteiger partial charge is 0.360 e. The zero-order chi connectivity index (χ0) is 14.0. The fourth-order valence-corrected chi connectivity index (χ4v) is 2.20. The second kappa shape index (κ2) is 4.91. The van der Waals surface area contributed by atoms with Crippen LogP contribution in [0.25, 0.3) is 0 Å². The maximum atomic E-state index is 13.4. The average molecular weight is 270 g/mol. The quantitative estimate of drug-likeness (QED) is 0.481. The Morgan fingerprint density at radius 2 is 2.16 bits per heavy atom. The highest BCUT2D eigenvalue weighted by Gasteiger charge is 2.37. The van der Waals surface area contributed by atoms with Crippen LogP contribution in [-0.4, -0.2) is 30.2 Å². The first-order chi connectivity index (χ1) is 8.93. The van der Waals surface area contributed by atoms with Crippen molar-refractivity contribution in [1.29, 1.82) is 0 Å². The van der Waals surface area contributed by atoms with Gasteiger partial charge in [-0.05, 0) is 18.6 Å². The van der Waals surface area contributed by atoms with Crippen molar-refractivity contribution in [3.63, 3.8) is 0 Å². The summed E-state index contributed by atoms with van der Waals surface area (Å²) in [6.07, 6.45) is 0.560. The summed E-state index contributed by atoms with van der Waals surface area (Å²) in [4.78, 5) is 22.2. The van der Waals surface area contributed by atoms with E-state index in [2.05, 4.69) is 0 Å². The number of hydrogen-bond donors (Lipinski definition) is 0. The van der Waals surface area contributed by atoms with Gasteiger partial charge in [-0.3, -0.25) is 14.9 Å². The molecule has 1 heterocycles. The molecule has 19 heavy (non-hydrogen) atoms. The molecule has 0 atom stereocenters. The standard InChI is InChI=1S/C12H12F2N2O3/c13-12(14)4-1-5-15(8-12)10-3-2-9(7-17)6-11(10)16(18)19/h2-3,6-7H,1,4-5,8H2. The Kier molecular flexibility index (Phi) is 3.46. The highest BCUT2D eigenvalue weighted by molar-refractivity contribution is 5.79. The summed E-state index contributed by atoms with van der Waals surface area (Å²) < 4.78 is 26.7. The lowest BCUT2D eigenvalue weighted by Gasteiger charge is -2.33. The van der Waals surface area contributed by atoms with E-state index >= 15 is 0 Å². The van der Waals surface area contributed by atoms with Crippen molar-refractivity contribution in [3.8, 4) is 0 Å². The van der Waals surface area contributed by atoms with Gasteiger partial charge in [0.25, 0.3) is 11.6 Å². The number of nitro benzene ring substituents is 1. The number of carbonyl (C=O) groups is 1. The molecule has 0 aliphatic carbocycles. The van der Waals surface area contributed by atoms with Crippen LogP contribution >= 0.6 is 0 Å². The van der Waals surface area contributed by atoms with Crippen LogP contribution in [0.2, 0.25) is 0 Å². The number of alkyl halides is 2. The molecular formula is C12H12F2N2O3. The molecule has 1 saturated heterocycles. The van der Waals surface area contributed by atoms with Gasteiger partial charge in [-0.15, -0.1) is 0 Å². The molecule has 1 aromatic rings. The first-order valence-corrected chi connectivity index (χ1v) is 5.79. The predicted octanol–water partition coefficient (Wildman–Crippen LogP) is 2.64. The number of carbonyl (C=O) groups excluding carboxylic acids is 1. The Balaban J connectivity index is 2.38. The van der Waals surface area contributed by atoms with Crippen molar-refractivity contribution in [1.82, 2.24) is 0 Å². The Morgan fingerprint density at radius 3 is 2.74 bits per heavy atom. The summed E-state index contributed by atoms with van der Waals surface area (Å²) in [5.74, 6) is -2.84. The van der Waals surface area contributed by atoms with Crippen molar-refractivity contribution in [2.45, 2.75) is 18.8 Å². The number of halogens is 2. The molecule has 0 N–H and O–H groups in total. The Hall–Kier alpha value is -2.05. The van der Waals surface area contributed by atoms with E-state index in [0.29, 0.717) is 12.8 Å². The molecule has 1 aromatic carbocycles. The lowest BCUT2D eigenvalue weighted by molar-refractivity contribution is -0.384. The third-order valence-electron chi connectivity index (χ3n) is 3.07. The van der Waals surface area contributed by atoms with E-state index in [-0.39, 0.29) is 29.8 Å². The number of piperidine rings is 1. The minimum atomic E-state index is -2.84. The van der Waals surface area contributed by atoms with Gasteiger partial charge in [0, 0.05) is 24.6 Å². The average Bonchev–Trinajstić information content (AvgIpc) is 2.36. The summed E-state index contributed by atoms with van der Waals surface area (Å²) in [6.45, 7) is -0.189. The maximum Gasteiger partial charge on any atom is 0.293 e. The molecule has 1 fully saturated rings. The van der Waals surface area contributed by atoms with E-state index in [9.17, 15) is 23.7 Å². The van der Waals surface area contributed by atoms with Gasteiger partial charge in [-0.2, -0.15) is 0 Å². The highest BCUT2D eigenvalue weighted by atomic mass is 19.3. The third-order valence-corrected chi connectivity index (χ3v) is 3.07. The molecule has 7 heteroatoms. The number of aldehydes is 1. The van der Waals surface area contributed by atoms with Crippen molar-refractivity contribution in [2.75, 3.05) is 18.0 Å². The summed E-state index contributed by atoms with van der Waals surface area (Å²) in [5, 5.41) is 11.0. The van der Waals surface area contributed by atoms with Gasteiger partial charge >= 0.3 is 0 Å². The molecule has 1 aliphatic rings. The molecule has 1 aliphatic heterocycles. The van der Waals surface area contributed by atoms with E-state index in [0.717, 1.165) is 6.07 Å². The lowest BCUT2D eigenvalue weighted by Crippen LogP contribution is -2.42. The molecular weight excluding hydrogens is 258 g/mol. The second-order valence-corrected chi connectivity index (χ2v) is 4.50. The highest BCUT2D eigenvalue weighted by Crippen LogP contribution is 2.35. The number of nitrogens with zero attached hydrogens (tertiary/aromatic N) is 2. The molecule has 0 bridgehead atoms. The molecule has 0 radical (unpaired) electrons. The fraction of sp³-hybridized carbons (Fsp3) is 0.417. The maximum absolute atomic E-state index is 13.4. The van der Waals surface area contributed by atoms with Crippen LogP contribution in [0.5, 0.6) is 0 Å². The van der Waals surface area contributed by atoms with Crippen molar-refractivity contribution < 1.29 is 18.5 Å².